The predicted molar refractivity (Wildman–Crippen MR) is 75.3 cm³/mol. The summed E-state index contributed by atoms with van der Waals surface area (Å²) in [4.78, 5) is 19.6. The van der Waals surface area contributed by atoms with Crippen molar-refractivity contribution in [1.29, 1.82) is 0 Å². The van der Waals surface area contributed by atoms with Crippen LogP contribution < -0.4 is 15.8 Å². The second-order valence-corrected chi connectivity index (χ2v) is 3.95. The van der Waals surface area contributed by atoms with Gasteiger partial charge in [0.05, 0.1) is 6.20 Å². The zero-order valence-corrected chi connectivity index (χ0v) is 10.9. The molecule has 0 saturated carbocycles. The largest absolute Gasteiger partial charge is 0.486 e. The molecule has 0 saturated heterocycles. The number of oxime groups is 1. The van der Waals surface area contributed by atoms with E-state index in [0.717, 1.165) is 0 Å². The number of carbonyl (C=O) groups excluding carboxylic acids is 1. The zero-order valence-electron chi connectivity index (χ0n) is 10.9. The van der Waals surface area contributed by atoms with E-state index >= 15 is 0 Å². The van der Waals surface area contributed by atoms with Crippen molar-refractivity contribution in [3.05, 3.63) is 48.5 Å². The minimum atomic E-state index is -0.353. The molecule has 21 heavy (non-hydrogen) atoms. The number of hydrogen-bond acceptors (Lipinski definition) is 6. The number of aromatic nitrogens is 2. The van der Waals surface area contributed by atoms with Crippen LogP contribution in [0.1, 0.15) is 10.5 Å². The number of benzene rings is 1. The van der Waals surface area contributed by atoms with Gasteiger partial charge in [0.15, 0.2) is 5.84 Å². The number of carbonyl (C=O) groups is 1. The normalized spacial score (nSPS) is 11.0. The molecule has 0 aliphatic heterocycles. The van der Waals surface area contributed by atoms with Gasteiger partial charge < -0.3 is 21.0 Å². The van der Waals surface area contributed by atoms with Gasteiger partial charge in [-0.25, -0.2) is 4.98 Å². The first-order valence-corrected chi connectivity index (χ1v) is 5.95. The zero-order chi connectivity index (χ0) is 15.1. The first-order chi connectivity index (χ1) is 10.2. The molecule has 0 aliphatic rings. The standard InChI is InChI=1S/C13H13N5O3/c14-12(18-20)8-21-10-3-1-9(2-4-10)17-13(19)11-7-15-5-6-16-11/h1-7,20H,8H2,(H2,14,18)(H,17,19). The quantitative estimate of drug-likeness (QED) is 0.324. The second kappa shape index (κ2) is 6.85. The monoisotopic (exact) mass is 287 g/mol. The lowest BCUT2D eigenvalue weighted by Crippen LogP contribution is -2.20. The topological polar surface area (TPSA) is 123 Å². The number of nitrogens with two attached hydrogens (primary N) is 1. The molecule has 0 fully saturated rings. The third kappa shape index (κ3) is 4.16. The van der Waals surface area contributed by atoms with Crippen LogP contribution in [0.5, 0.6) is 5.75 Å². The summed E-state index contributed by atoms with van der Waals surface area (Å²) in [7, 11) is 0. The van der Waals surface area contributed by atoms with Crippen molar-refractivity contribution in [3.63, 3.8) is 0 Å². The van der Waals surface area contributed by atoms with Gasteiger partial charge in [-0.2, -0.15) is 0 Å². The molecule has 2 aromatic rings. The van der Waals surface area contributed by atoms with Crippen molar-refractivity contribution in [2.45, 2.75) is 0 Å². The maximum atomic E-state index is 11.8. The Hall–Kier alpha value is -3.16. The van der Waals surface area contributed by atoms with E-state index in [-0.39, 0.29) is 24.0 Å². The summed E-state index contributed by atoms with van der Waals surface area (Å²) in [5.41, 5.74) is 6.10. The van der Waals surface area contributed by atoms with Crippen LogP contribution in [0.4, 0.5) is 5.69 Å². The van der Waals surface area contributed by atoms with Crippen LogP contribution in [-0.2, 0) is 0 Å². The molecule has 8 heteroatoms. The molecule has 1 amide bonds. The highest BCUT2D eigenvalue weighted by atomic mass is 16.5. The smallest absolute Gasteiger partial charge is 0.275 e. The number of hydrogen-bond donors (Lipinski definition) is 3. The van der Waals surface area contributed by atoms with E-state index in [4.69, 9.17) is 15.7 Å². The van der Waals surface area contributed by atoms with Crippen LogP contribution in [0.15, 0.2) is 48.0 Å². The Morgan fingerprint density at radius 2 is 2.10 bits per heavy atom. The maximum Gasteiger partial charge on any atom is 0.275 e. The van der Waals surface area contributed by atoms with Gasteiger partial charge in [0.1, 0.15) is 18.1 Å². The summed E-state index contributed by atoms with van der Waals surface area (Å²) in [6.45, 7) is -0.0260. The summed E-state index contributed by atoms with van der Waals surface area (Å²) < 4.78 is 5.25. The number of anilines is 1. The Labute approximate surface area is 120 Å². The lowest BCUT2D eigenvalue weighted by molar-refractivity contribution is 0.102. The van der Waals surface area contributed by atoms with Crippen LogP contribution >= 0.6 is 0 Å². The fraction of sp³-hybridized carbons (Fsp3) is 0.0769. The molecule has 0 atom stereocenters. The highest BCUT2D eigenvalue weighted by Gasteiger charge is 2.07. The minimum Gasteiger partial charge on any atom is -0.486 e. The Kier molecular flexibility index (Phi) is 4.65. The first kappa shape index (κ1) is 14.3. The van der Waals surface area contributed by atoms with E-state index in [0.29, 0.717) is 11.4 Å². The molecule has 108 valence electrons. The molecule has 0 aliphatic carbocycles. The number of amides is 1. The SMILES string of the molecule is NC(COc1ccc(NC(=O)c2cnccn2)cc1)=NO. The molecular formula is C13H13N5O3. The van der Waals surface area contributed by atoms with E-state index in [1.165, 1.54) is 18.6 Å². The summed E-state index contributed by atoms with van der Waals surface area (Å²) in [6.07, 6.45) is 4.31. The van der Waals surface area contributed by atoms with Gasteiger partial charge in [0.25, 0.3) is 5.91 Å². The summed E-state index contributed by atoms with van der Waals surface area (Å²) in [6, 6.07) is 6.62. The summed E-state index contributed by atoms with van der Waals surface area (Å²) in [5.74, 6) is 0.141. The lowest BCUT2D eigenvalue weighted by Gasteiger charge is -2.07. The van der Waals surface area contributed by atoms with Gasteiger partial charge in [-0.15, -0.1) is 0 Å². The number of nitrogens with one attached hydrogen (secondary N) is 1. The molecule has 8 nitrogen and oxygen atoms in total. The van der Waals surface area contributed by atoms with Crippen molar-refractivity contribution in [3.8, 4) is 5.75 Å². The summed E-state index contributed by atoms with van der Waals surface area (Å²) >= 11 is 0. The molecule has 0 bridgehead atoms. The van der Waals surface area contributed by atoms with E-state index in [1.54, 1.807) is 24.3 Å². The number of nitrogens with zero attached hydrogens (tertiary/aromatic N) is 3. The molecule has 4 N–H and O–H groups in total. The third-order valence-corrected chi connectivity index (χ3v) is 2.42. The van der Waals surface area contributed by atoms with Crippen molar-refractivity contribution in [1.82, 2.24) is 9.97 Å². The van der Waals surface area contributed by atoms with Crippen LogP contribution in [0.3, 0.4) is 0 Å². The first-order valence-electron chi connectivity index (χ1n) is 5.95. The van der Waals surface area contributed by atoms with Gasteiger partial charge in [-0.3, -0.25) is 9.78 Å². The van der Waals surface area contributed by atoms with Crippen molar-refractivity contribution < 1.29 is 14.7 Å². The lowest BCUT2D eigenvalue weighted by atomic mass is 10.3. The van der Waals surface area contributed by atoms with Gasteiger partial charge in [0, 0.05) is 18.1 Å². The highest BCUT2D eigenvalue weighted by molar-refractivity contribution is 6.02. The average molecular weight is 287 g/mol. The van der Waals surface area contributed by atoms with E-state index < -0.39 is 0 Å². The highest BCUT2D eigenvalue weighted by Crippen LogP contribution is 2.16. The average Bonchev–Trinajstić information content (AvgIpc) is 2.54. The van der Waals surface area contributed by atoms with Gasteiger partial charge in [-0.05, 0) is 24.3 Å². The number of amidine groups is 1. The molecule has 0 radical (unpaired) electrons. The Bertz CT molecular complexity index is 628. The van der Waals surface area contributed by atoms with Crippen LogP contribution in [0, 0.1) is 0 Å². The van der Waals surface area contributed by atoms with Gasteiger partial charge >= 0.3 is 0 Å². The Balaban J connectivity index is 1.95. The molecule has 0 unspecified atom stereocenters. The van der Waals surface area contributed by atoms with E-state index in [9.17, 15) is 4.79 Å². The fourth-order valence-electron chi connectivity index (χ4n) is 1.43. The maximum absolute atomic E-state index is 11.8. The predicted octanol–water partition coefficient (Wildman–Crippen LogP) is 0.854. The van der Waals surface area contributed by atoms with Crippen molar-refractivity contribution >= 4 is 17.4 Å². The Morgan fingerprint density at radius 3 is 2.71 bits per heavy atom. The van der Waals surface area contributed by atoms with Crippen molar-refractivity contribution in [2.75, 3.05) is 11.9 Å². The van der Waals surface area contributed by atoms with Crippen molar-refractivity contribution in [2.24, 2.45) is 10.9 Å². The molecule has 1 aromatic heterocycles. The molecule has 0 spiro atoms. The second-order valence-electron chi connectivity index (χ2n) is 3.95. The van der Waals surface area contributed by atoms with E-state index in [2.05, 4.69) is 20.4 Å². The number of rotatable bonds is 5. The third-order valence-electron chi connectivity index (χ3n) is 2.42. The molecule has 1 aromatic carbocycles. The fourth-order valence-corrected chi connectivity index (χ4v) is 1.43. The molecular weight excluding hydrogens is 274 g/mol. The molecule has 1 heterocycles. The molecule has 2 rings (SSSR count). The summed E-state index contributed by atoms with van der Waals surface area (Å²) in [5, 5.41) is 13.9. The van der Waals surface area contributed by atoms with Crippen LogP contribution in [0.2, 0.25) is 0 Å². The van der Waals surface area contributed by atoms with Crippen LogP contribution in [0.25, 0.3) is 0 Å². The van der Waals surface area contributed by atoms with Gasteiger partial charge in [0.2, 0.25) is 0 Å². The van der Waals surface area contributed by atoms with E-state index in [1.807, 2.05) is 0 Å². The van der Waals surface area contributed by atoms with Crippen LogP contribution in [-0.4, -0.2) is 33.5 Å². The van der Waals surface area contributed by atoms with Gasteiger partial charge in [-0.1, -0.05) is 5.16 Å². The Morgan fingerprint density at radius 1 is 1.33 bits per heavy atom. The minimum absolute atomic E-state index is 0.0260. The number of ether oxygens (including phenoxy) is 1.